The molecule has 0 unspecified atom stereocenters. The Morgan fingerprint density at radius 2 is 1.85 bits per heavy atom. The zero-order chi connectivity index (χ0) is 14.7. The van der Waals surface area contributed by atoms with Crippen LogP contribution in [-0.2, 0) is 32.0 Å². The molecule has 1 aliphatic rings. The van der Waals surface area contributed by atoms with Crippen molar-refractivity contribution in [3.05, 3.63) is 33.8 Å². The van der Waals surface area contributed by atoms with Gasteiger partial charge >= 0.3 is 11.9 Å². The molecule has 6 heteroatoms. The first-order valence-corrected chi connectivity index (χ1v) is 7.03. The highest BCUT2D eigenvalue weighted by molar-refractivity contribution is 9.10. The summed E-state index contributed by atoms with van der Waals surface area (Å²) in [7, 11) is 2.54. The number of hydrogen-bond donors (Lipinski definition) is 0. The number of hydrogen-bond acceptors (Lipinski definition) is 5. The van der Waals surface area contributed by atoms with Gasteiger partial charge in [0.05, 0.1) is 14.2 Å². The molecule has 0 aliphatic carbocycles. The quantitative estimate of drug-likeness (QED) is 0.616. The number of ether oxygens (including phenoxy) is 2. The van der Waals surface area contributed by atoms with Gasteiger partial charge < -0.3 is 9.47 Å². The van der Waals surface area contributed by atoms with Crippen LogP contribution in [0, 0.1) is 0 Å². The average molecular weight is 342 g/mol. The lowest BCUT2D eigenvalue weighted by Crippen LogP contribution is -2.49. The Labute approximate surface area is 126 Å². The molecule has 1 aromatic rings. The van der Waals surface area contributed by atoms with Crippen LogP contribution < -0.4 is 0 Å². The Morgan fingerprint density at radius 3 is 2.45 bits per heavy atom. The van der Waals surface area contributed by atoms with Gasteiger partial charge in [-0.15, -0.1) is 0 Å². The van der Waals surface area contributed by atoms with Crippen molar-refractivity contribution < 1.29 is 19.1 Å². The van der Waals surface area contributed by atoms with Crippen LogP contribution in [0.4, 0.5) is 0 Å². The molecule has 0 radical (unpaired) electrons. The molecule has 5 nitrogen and oxygen atoms in total. The van der Waals surface area contributed by atoms with Crippen molar-refractivity contribution in [2.24, 2.45) is 0 Å². The fourth-order valence-corrected chi connectivity index (χ4v) is 2.79. The number of halogens is 1. The van der Waals surface area contributed by atoms with Crippen LogP contribution in [0.5, 0.6) is 0 Å². The molecule has 1 aliphatic heterocycles. The van der Waals surface area contributed by atoms with E-state index >= 15 is 0 Å². The van der Waals surface area contributed by atoms with Gasteiger partial charge in [0, 0.05) is 17.6 Å². The molecule has 0 amide bonds. The first-order valence-electron chi connectivity index (χ1n) is 6.24. The van der Waals surface area contributed by atoms with Gasteiger partial charge in [-0.3, -0.25) is 4.90 Å². The van der Waals surface area contributed by atoms with E-state index in [1.54, 1.807) is 4.90 Å². The molecular formula is C14H16BrNO4. The SMILES string of the molecule is COC(=O)C(C(=O)OC)N1CCc2ccc(Br)cc2C1. The maximum Gasteiger partial charge on any atom is 0.334 e. The second-order valence-electron chi connectivity index (χ2n) is 4.58. The van der Waals surface area contributed by atoms with Crippen molar-refractivity contribution in [1.82, 2.24) is 4.90 Å². The summed E-state index contributed by atoms with van der Waals surface area (Å²) in [6.07, 6.45) is 0.785. The lowest BCUT2D eigenvalue weighted by Gasteiger charge is -2.32. The summed E-state index contributed by atoms with van der Waals surface area (Å²) in [6, 6.07) is 5.05. The first-order chi connectivity index (χ1) is 9.56. The minimum atomic E-state index is -1.00. The third kappa shape index (κ3) is 3.02. The van der Waals surface area contributed by atoms with Crippen LogP contribution in [0.3, 0.4) is 0 Å². The van der Waals surface area contributed by atoms with Crippen LogP contribution in [0.15, 0.2) is 22.7 Å². The van der Waals surface area contributed by atoms with E-state index < -0.39 is 18.0 Å². The summed E-state index contributed by atoms with van der Waals surface area (Å²) in [6.45, 7) is 1.13. The maximum absolute atomic E-state index is 11.8. The normalized spacial score (nSPS) is 14.8. The van der Waals surface area contributed by atoms with Crippen molar-refractivity contribution in [1.29, 1.82) is 0 Å². The molecule has 0 fully saturated rings. The molecule has 2 rings (SSSR count). The molecule has 0 aromatic heterocycles. The Kier molecular flexibility index (Phi) is 4.77. The van der Waals surface area contributed by atoms with Crippen LogP contribution in [0.2, 0.25) is 0 Å². The predicted octanol–water partition coefficient (Wildman–Crippen LogP) is 1.52. The van der Waals surface area contributed by atoms with Crippen molar-refractivity contribution in [3.63, 3.8) is 0 Å². The lowest BCUT2D eigenvalue weighted by molar-refractivity contribution is -0.161. The topological polar surface area (TPSA) is 55.8 Å². The van der Waals surface area contributed by atoms with E-state index in [4.69, 9.17) is 9.47 Å². The van der Waals surface area contributed by atoms with E-state index in [9.17, 15) is 9.59 Å². The molecule has 1 heterocycles. The molecular weight excluding hydrogens is 326 g/mol. The van der Waals surface area contributed by atoms with Gasteiger partial charge in [0.1, 0.15) is 0 Å². The monoisotopic (exact) mass is 341 g/mol. The second kappa shape index (κ2) is 6.37. The number of nitrogens with zero attached hydrogens (tertiary/aromatic N) is 1. The Bertz CT molecular complexity index is 516. The van der Waals surface area contributed by atoms with Crippen molar-refractivity contribution >= 4 is 27.9 Å². The van der Waals surface area contributed by atoms with Gasteiger partial charge in [0.2, 0.25) is 6.04 Å². The first kappa shape index (κ1) is 15.0. The highest BCUT2D eigenvalue weighted by Gasteiger charge is 2.36. The molecule has 0 atom stereocenters. The van der Waals surface area contributed by atoms with Crippen LogP contribution in [-0.4, -0.2) is 43.6 Å². The number of carbonyl (C=O) groups is 2. The smallest absolute Gasteiger partial charge is 0.334 e. The highest BCUT2D eigenvalue weighted by atomic mass is 79.9. The number of benzene rings is 1. The van der Waals surface area contributed by atoms with E-state index in [0.717, 1.165) is 16.5 Å². The van der Waals surface area contributed by atoms with Gasteiger partial charge in [-0.2, -0.15) is 0 Å². The van der Waals surface area contributed by atoms with Gasteiger partial charge in [-0.1, -0.05) is 22.0 Å². The third-order valence-corrected chi connectivity index (χ3v) is 3.92. The molecule has 0 saturated carbocycles. The van der Waals surface area contributed by atoms with E-state index in [1.165, 1.54) is 19.8 Å². The molecule has 1 aromatic carbocycles. The number of fused-ring (bicyclic) bond motifs is 1. The van der Waals surface area contributed by atoms with Gasteiger partial charge in [-0.05, 0) is 29.7 Å². The van der Waals surface area contributed by atoms with Gasteiger partial charge in [0.15, 0.2) is 0 Å². The van der Waals surface area contributed by atoms with E-state index in [2.05, 4.69) is 22.0 Å². The number of methoxy groups -OCH3 is 2. The Balaban J connectivity index is 2.24. The summed E-state index contributed by atoms with van der Waals surface area (Å²) in [4.78, 5) is 25.4. The molecule has 20 heavy (non-hydrogen) atoms. The summed E-state index contributed by atoms with van der Waals surface area (Å²) in [5.41, 5.74) is 2.33. The maximum atomic E-state index is 11.8. The summed E-state index contributed by atoms with van der Waals surface area (Å²) in [5.74, 6) is -1.18. The van der Waals surface area contributed by atoms with Crippen molar-refractivity contribution in [3.8, 4) is 0 Å². The fourth-order valence-electron chi connectivity index (χ4n) is 2.39. The third-order valence-electron chi connectivity index (χ3n) is 3.42. The fraction of sp³-hybridized carbons (Fsp3) is 0.429. The van der Waals surface area contributed by atoms with E-state index in [0.29, 0.717) is 13.1 Å². The van der Waals surface area contributed by atoms with Crippen LogP contribution >= 0.6 is 15.9 Å². The second-order valence-corrected chi connectivity index (χ2v) is 5.50. The molecule has 0 spiro atoms. The largest absolute Gasteiger partial charge is 0.467 e. The van der Waals surface area contributed by atoms with E-state index in [-0.39, 0.29) is 0 Å². The standard InChI is InChI=1S/C14H16BrNO4/c1-19-13(17)12(14(18)20-2)16-6-5-9-3-4-11(15)7-10(9)8-16/h3-4,7,12H,5-6,8H2,1-2H3. The molecule has 108 valence electrons. The molecule has 0 N–H and O–H groups in total. The number of rotatable bonds is 3. The number of carbonyl (C=O) groups excluding carboxylic acids is 2. The number of esters is 2. The Morgan fingerprint density at radius 1 is 1.20 bits per heavy atom. The highest BCUT2D eigenvalue weighted by Crippen LogP contribution is 2.24. The minimum Gasteiger partial charge on any atom is -0.467 e. The zero-order valence-corrected chi connectivity index (χ0v) is 13.0. The van der Waals surface area contributed by atoms with Crippen LogP contribution in [0.25, 0.3) is 0 Å². The lowest BCUT2D eigenvalue weighted by atomic mass is 9.98. The van der Waals surface area contributed by atoms with Crippen molar-refractivity contribution in [2.45, 2.75) is 19.0 Å². The van der Waals surface area contributed by atoms with Crippen LogP contribution in [0.1, 0.15) is 11.1 Å². The van der Waals surface area contributed by atoms with E-state index in [1.807, 2.05) is 12.1 Å². The van der Waals surface area contributed by atoms with Gasteiger partial charge in [-0.25, -0.2) is 9.59 Å². The van der Waals surface area contributed by atoms with Gasteiger partial charge in [0.25, 0.3) is 0 Å². The zero-order valence-electron chi connectivity index (χ0n) is 11.4. The summed E-state index contributed by atoms with van der Waals surface area (Å²) < 4.78 is 10.4. The van der Waals surface area contributed by atoms with Crippen molar-refractivity contribution in [2.75, 3.05) is 20.8 Å². The molecule has 0 bridgehead atoms. The summed E-state index contributed by atoms with van der Waals surface area (Å²) >= 11 is 3.43. The predicted molar refractivity (Wildman–Crippen MR) is 76.1 cm³/mol. The molecule has 0 saturated heterocycles. The Hall–Kier alpha value is -1.40. The minimum absolute atomic E-state index is 0.518. The average Bonchev–Trinajstić information content (AvgIpc) is 2.46. The summed E-state index contributed by atoms with van der Waals surface area (Å²) in [5, 5.41) is 0.